The van der Waals surface area contributed by atoms with E-state index in [4.69, 9.17) is 5.73 Å². The molecular weight excluding hydrogens is 220 g/mol. The Morgan fingerprint density at radius 3 is 2.65 bits per heavy atom. The number of nitrogens with one attached hydrogen (secondary N) is 3. The molecule has 0 bridgehead atoms. The van der Waals surface area contributed by atoms with E-state index in [0.29, 0.717) is 23.5 Å². The third kappa shape index (κ3) is 2.62. The van der Waals surface area contributed by atoms with Gasteiger partial charge in [0.2, 0.25) is 5.95 Å². The Morgan fingerprint density at radius 2 is 2.00 bits per heavy atom. The minimum atomic E-state index is -0.304. The van der Waals surface area contributed by atoms with Crippen molar-refractivity contribution in [1.82, 2.24) is 25.3 Å². The molecule has 2 aromatic heterocycles. The van der Waals surface area contributed by atoms with Gasteiger partial charge in [-0.2, -0.15) is 4.98 Å². The van der Waals surface area contributed by atoms with Crippen LogP contribution in [0.2, 0.25) is 0 Å². The second-order valence-electron chi connectivity index (χ2n) is 4.94. The summed E-state index contributed by atoms with van der Waals surface area (Å²) in [5, 5.41) is 3.27. The van der Waals surface area contributed by atoms with Gasteiger partial charge in [-0.05, 0) is 20.8 Å². The van der Waals surface area contributed by atoms with Crippen LogP contribution in [0, 0.1) is 0 Å². The fourth-order valence-corrected chi connectivity index (χ4v) is 1.40. The summed E-state index contributed by atoms with van der Waals surface area (Å²) in [6.45, 7) is 6.70. The van der Waals surface area contributed by atoms with Crippen molar-refractivity contribution < 1.29 is 0 Å². The normalized spacial score (nSPS) is 12.2. The number of nitrogen functional groups attached to an aromatic ring is 1. The van der Waals surface area contributed by atoms with Gasteiger partial charge < -0.3 is 16.0 Å². The molecule has 2 heterocycles. The second-order valence-corrected chi connectivity index (χ2v) is 4.94. The standard InChI is InChI=1S/C10H16N6O/c1-10(2,3)12-4-5-13-6-7(14-5)15-9(11)16-8(6)17/h12H,4H2,1-3H3,(H4,11,13,14,15,16,17). The van der Waals surface area contributed by atoms with Crippen LogP contribution in [0.1, 0.15) is 26.6 Å². The van der Waals surface area contributed by atoms with E-state index < -0.39 is 0 Å². The van der Waals surface area contributed by atoms with Crippen molar-refractivity contribution in [2.75, 3.05) is 5.73 Å². The Balaban J connectivity index is 2.32. The molecule has 17 heavy (non-hydrogen) atoms. The third-order valence-corrected chi connectivity index (χ3v) is 2.21. The number of imidazole rings is 1. The largest absolute Gasteiger partial charge is 0.369 e. The fourth-order valence-electron chi connectivity index (χ4n) is 1.40. The first-order chi connectivity index (χ1) is 7.85. The van der Waals surface area contributed by atoms with E-state index in [1.807, 2.05) is 0 Å². The molecule has 7 nitrogen and oxygen atoms in total. The Bertz CT molecular complexity index is 591. The molecule has 0 spiro atoms. The summed E-state index contributed by atoms with van der Waals surface area (Å²) in [4.78, 5) is 25.1. The highest BCUT2D eigenvalue weighted by Crippen LogP contribution is 2.06. The first-order valence-electron chi connectivity index (χ1n) is 5.34. The van der Waals surface area contributed by atoms with Gasteiger partial charge in [0.15, 0.2) is 11.2 Å². The van der Waals surface area contributed by atoms with Crippen molar-refractivity contribution in [3.8, 4) is 0 Å². The zero-order valence-electron chi connectivity index (χ0n) is 10.1. The maximum absolute atomic E-state index is 11.5. The molecule has 0 amide bonds. The zero-order valence-corrected chi connectivity index (χ0v) is 10.1. The Morgan fingerprint density at radius 1 is 1.29 bits per heavy atom. The van der Waals surface area contributed by atoms with Crippen molar-refractivity contribution in [2.45, 2.75) is 32.9 Å². The van der Waals surface area contributed by atoms with Crippen LogP contribution in [0.5, 0.6) is 0 Å². The van der Waals surface area contributed by atoms with Gasteiger partial charge in [0.05, 0.1) is 6.54 Å². The second kappa shape index (κ2) is 3.85. The zero-order chi connectivity index (χ0) is 12.6. The van der Waals surface area contributed by atoms with Gasteiger partial charge in [-0.25, -0.2) is 4.98 Å². The van der Waals surface area contributed by atoms with E-state index in [0.717, 1.165) is 0 Å². The van der Waals surface area contributed by atoms with Gasteiger partial charge >= 0.3 is 0 Å². The average Bonchev–Trinajstić information content (AvgIpc) is 2.56. The number of hydrogen-bond donors (Lipinski definition) is 4. The number of rotatable bonds is 2. The van der Waals surface area contributed by atoms with Crippen LogP contribution in [0.25, 0.3) is 11.2 Å². The summed E-state index contributed by atoms with van der Waals surface area (Å²) < 4.78 is 0. The third-order valence-electron chi connectivity index (χ3n) is 2.21. The summed E-state index contributed by atoms with van der Waals surface area (Å²) >= 11 is 0. The summed E-state index contributed by atoms with van der Waals surface area (Å²) in [6, 6.07) is 0. The molecule has 0 aliphatic carbocycles. The van der Waals surface area contributed by atoms with Crippen molar-refractivity contribution in [3.63, 3.8) is 0 Å². The van der Waals surface area contributed by atoms with Gasteiger partial charge in [-0.1, -0.05) is 0 Å². The van der Waals surface area contributed by atoms with Crippen LogP contribution in [-0.2, 0) is 6.54 Å². The predicted molar refractivity (Wildman–Crippen MR) is 65.5 cm³/mol. The van der Waals surface area contributed by atoms with Crippen LogP contribution < -0.4 is 16.6 Å². The van der Waals surface area contributed by atoms with Crippen LogP contribution in [0.4, 0.5) is 5.95 Å². The predicted octanol–water partition coefficient (Wildman–Crippen LogP) is 0.117. The van der Waals surface area contributed by atoms with Gasteiger partial charge in [0, 0.05) is 5.54 Å². The maximum atomic E-state index is 11.5. The molecule has 0 saturated carbocycles. The SMILES string of the molecule is CC(C)(C)NCc1nc2nc(N)[nH]c(=O)c2[nH]1. The van der Waals surface area contributed by atoms with E-state index >= 15 is 0 Å². The smallest absolute Gasteiger partial charge is 0.278 e. The van der Waals surface area contributed by atoms with Gasteiger partial charge in [-0.15, -0.1) is 0 Å². The molecule has 0 aliphatic rings. The topological polar surface area (TPSA) is 112 Å². The highest BCUT2D eigenvalue weighted by atomic mass is 16.1. The van der Waals surface area contributed by atoms with Crippen molar-refractivity contribution in [1.29, 1.82) is 0 Å². The van der Waals surface area contributed by atoms with Gasteiger partial charge in [-0.3, -0.25) is 9.78 Å². The minimum Gasteiger partial charge on any atom is -0.369 e. The van der Waals surface area contributed by atoms with Crippen LogP contribution >= 0.6 is 0 Å². The molecule has 2 rings (SSSR count). The molecule has 0 aromatic carbocycles. The lowest BCUT2D eigenvalue weighted by Gasteiger charge is -2.19. The number of fused-ring (bicyclic) bond motifs is 1. The van der Waals surface area contributed by atoms with E-state index in [2.05, 4.69) is 46.0 Å². The molecule has 0 unspecified atom stereocenters. The Hall–Kier alpha value is -1.89. The van der Waals surface area contributed by atoms with Crippen LogP contribution in [-0.4, -0.2) is 25.5 Å². The summed E-state index contributed by atoms with van der Waals surface area (Å²) in [7, 11) is 0. The molecule has 0 aliphatic heterocycles. The lowest BCUT2D eigenvalue weighted by molar-refractivity contribution is 0.419. The number of anilines is 1. The summed E-state index contributed by atoms with van der Waals surface area (Å²) in [6.07, 6.45) is 0. The average molecular weight is 236 g/mol. The van der Waals surface area contributed by atoms with E-state index in [1.165, 1.54) is 0 Å². The van der Waals surface area contributed by atoms with E-state index in [1.54, 1.807) is 0 Å². The highest BCUT2D eigenvalue weighted by Gasteiger charge is 2.12. The fraction of sp³-hybridized carbons (Fsp3) is 0.500. The van der Waals surface area contributed by atoms with Crippen LogP contribution in [0.3, 0.4) is 0 Å². The lowest BCUT2D eigenvalue weighted by atomic mass is 10.1. The molecule has 7 heteroatoms. The Labute approximate surface area is 97.9 Å². The molecule has 92 valence electrons. The van der Waals surface area contributed by atoms with Crippen molar-refractivity contribution in [2.24, 2.45) is 0 Å². The number of aromatic amines is 2. The molecule has 0 saturated heterocycles. The van der Waals surface area contributed by atoms with Crippen molar-refractivity contribution >= 4 is 17.1 Å². The molecule has 5 N–H and O–H groups in total. The van der Waals surface area contributed by atoms with Crippen molar-refractivity contribution in [3.05, 3.63) is 16.2 Å². The molecule has 0 fully saturated rings. The summed E-state index contributed by atoms with van der Waals surface area (Å²) in [5.74, 6) is 0.739. The number of H-pyrrole nitrogens is 2. The van der Waals surface area contributed by atoms with Crippen LogP contribution in [0.15, 0.2) is 4.79 Å². The highest BCUT2D eigenvalue weighted by molar-refractivity contribution is 5.70. The molecular formula is C10H16N6O. The number of hydrogen-bond acceptors (Lipinski definition) is 5. The number of aromatic nitrogens is 4. The minimum absolute atomic E-state index is 0.0160. The molecule has 2 aromatic rings. The monoisotopic (exact) mass is 236 g/mol. The van der Waals surface area contributed by atoms with Gasteiger partial charge in [0.1, 0.15) is 5.82 Å². The van der Waals surface area contributed by atoms with Gasteiger partial charge in [0.25, 0.3) is 5.56 Å². The van der Waals surface area contributed by atoms with E-state index in [9.17, 15) is 4.79 Å². The number of nitrogens with two attached hydrogens (primary N) is 1. The summed E-state index contributed by atoms with van der Waals surface area (Å²) in [5.41, 5.74) is 5.82. The molecule has 0 atom stereocenters. The Kier molecular flexibility index (Phi) is 2.62. The first-order valence-corrected chi connectivity index (χ1v) is 5.34. The maximum Gasteiger partial charge on any atom is 0.278 e. The van der Waals surface area contributed by atoms with E-state index in [-0.39, 0.29) is 17.0 Å². The first kappa shape index (κ1) is 11.6. The quantitative estimate of drug-likeness (QED) is 0.591. The number of nitrogens with zero attached hydrogens (tertiary/aromatic N) is 2. The molecule has 0 radical (unpaired) electrons. The lowest BCUT2D eigenvalue weighted by Crippen LogP contribution is -2.35.